The molecule has 1 N–H and O–H groups in total. The highest BCUT2D eigenvalue weighted by Gasteiger charge is 2.19. The number of nitrogens with zero attached hydrogens (tertiary/aromatic N) is 1. The Morgan fingerprint density at radius 2 is 2.33 bits per heavy atom. The summed E-state index contributed by atoms with van der Waals surface area (Å²) in [5, 5.41) is 12.3. The summed E-state index contributed by atoms with van der Waals surface area (Å²) in [7, 11) is 0. The smallest absolute Gasteiger partial charge is 0.358 e. The van der Waals surface area contributed by atoms with Gasteiger partial charge in [-0.25, -0.2) is 4.79 Å². The van der Waals surface area contributed by atoms with Crippen molar-refractivity contribution in [3.8, 4) is 10.6 Å². The molecule has 0 bridgehead atoms. The Kier molecular flexibility index (Phi) is 2.62. The van der Waals surface area contributed by atoms with Crippen LogP contribution in [0, 0.1) is 6.92 Å². The topological polar surface area (TPSA) is 63.3 Å². The van der Waals surface area contributed by atoms with Gasteiger partial charge in [0.15, 0.2) is 11.5 Å². The Morgan fingerprint density at radius 3 is 2.80 bits per heavy atom. The molecule has 78 valence electrons. The van der Waals surface area contributed by atoms with Crippen molar-refractivity contribution < 1.29 is 14.4 Å². The van der Waals surface area contributed by atoms with Gasteiger partial charge in [0, 0.05) is 5.56 Å². The molecule has 0 fully saturated rings. The highest BCUT2D eigenvalue weighted by Crippen LogP contribution is 2.34. The molecule has 6 heteroatoms. The molecule has 2 rings (SSSR count). The van der Waals surface area contributed by atoms with E-state index in [4.69, 9.17) is 9.63 Å². The molecule has 0 radical (unpaired) electrons. The van der Waals surface area contributed by atoms with E-state index in [1.54, 1.807) is 6.92 Å². The summed E-state index contributed by atoms with van der Waals surface area (Å²) < 4.78 is 5.98. The van der Waals surface area contributed by atoms with E-state index < -0.39 is 5.97 Å². The van der Waals surface area contributed by atoms with E-state index in [0.29, 0.717) is 11.3 Å². The van der Waals surface area contributed by atoms with Gasteiger partial charge in [-0.15, -0.1) is 11.3 Å². The van der Waals surface area contributed by atoms with Crippen LogP contribution in [0.3, 0.4) is 0 Å². The minimum atomic E-state index is -1.07. The van der Waals surface area contributed by atoms with Crippen LogP contribution in [0.25, 0.3) is 10.6 Å². The van der Waals surface area contributed by atoms with Crippen LogP contribution in [-0.4, -0.2) is 16.2 Å². The van der Waals surface area contributed by atoms with Crippen LogP contribution in [0.1, 0.15) is 16.1 Å². The van der Waals surface area contributed by atoms with Crippen molar-refractivity contribution in [1.29, 1.82) is 0 Å². The lowest BCUT2D eigenvalue weighted by Crippen LogP contribution is -1.98. The predicted octanol–water partition coefficient (Wildman–Crippen LogP) is 3.17. The quantitative estimate of drug-likeness (QED) is 0.921. The Bertz CT molecular complexity index is 517. The lowest BCUT2D eigenvalue weighted by Gasteiger charge is -1.90. The van der Waals surface area contributed by atoms with E-state index in [1.807, 2.05) is 12.1 Å². The molecule has 0 aliphatic heterocycles. The molecule has 0 atom stereocenters. The van der Waals surface area contributed by atoms with Gasteiger partial charge in [-0.1, -0.05) is 5.16 Å². The van der Waals surface area contributed by atoms with Crippen molar-refractivity contribution >= 4 is 33.2 Å². The van der Waals surface area contributed by atoms with E-state index >= 15 is 0 Å². The van der Waals surface area contributed by atoms with Crippen molar-refractivity contribution in [1.82, 2.24) is 5.16 Å². The third-order valence-corrected chi connectivity index (χ3v) is 3.55. The van der Waals surface area contributed by atoms with Gasteiger partial charge in [0.1, 0.15) is 0 Å². The molecule has 0 aromatic carbocycles. The average molecular weight is 288 g/mol. The van der Waals surface area contributed by atoms with Gasteiger partial charge >= 0.3 is 5.97 Å². The van der Waals surface area contributed by atoms with Crippen molar-refractivity contribution in [2.45, 2.75) is 6.92 Å². The van der Waals surface area contributed by atoms with Crippen LogP contribution in [0.2, 0.25) is 0 Å². The number of carbonyl (C=O) groups is 1. The summed E-state index contributed by atoms with van der Waals surface area (Å²) in [6.45, 7) is 1.68. The summed E-state index contributed by atoms with van der Waals surface area (Å²) in [6.07, 6.45) is 0. The zero-order chi connectivity index (χ0) is 11.0. The normalized spacial score (nSPS) is 10.5. The van der Waals surface area contributed by atoms with Gasteiger partial charge in [-0.3, -0.25) is 0 Å². The number of carboxylic acid groups (broad SMARTS) is 1. The number of hydrogen-bond donors (Lipinski definition) is 1. The average Bonchev–Trinajstić information content (AvgIpc) is 2.71. The number of aromatic carboxylic acids is 1. The highest BCUT2D eigenvalue weighted by molar-refractivity contribution is 9.11. The number of aromatic nitrogens is 1. The SMILES string of the molecule is Cc1c(C(=O)O)noc1-c1ccc(Br)s1. The lowest BCUT2D eigenvalue weighted by atomic mass is 10.2. The molecule has 2 heterocycles. The summed E-state index contributed by atoms with van der Waals surface area (Å²) in [4.78, 5) is 11.6. The predicted molar refractivity (Wildman–Crippen MR) is 59.2 cm³/mol. The molecule has 0 amide bonds. The fraction of sp³-hybridized carbons (Fsp3) is 0.111. The van der Waals surface area contributed by atoms with Gasteiger partial charge in [0.05, 0.1) is 8.66 Å². The first kappa shape index (κ1) is 10.4. The fourth-order valence-electron chi connectivity index (χ4n) is 1.20. The molecule has 0 aliphatic carbocycles. The van der Waals surface area contributed by atoms with E-state index in [1.165, 1.54) is 11.3 Å². The molecule has 4 nitrogen and oxygen atoms in total. The molecule has 0 saturated heterocycles. The monoisotopic (exact) mass is 287 g/mol. The second kappa shape index (κ2) is 3.79. The van der Waals surface area contributed by atoms with Crippen LogP contribution in [-0.2, 0) is 0 Å². The number of carboxylic acids is 1. The van der Waals surface area contributed by atoms with Gasteiger partial charge in [-0.2, -0.15) is 0 Å². The largest absolute Gasteiger partial charge is 0.476 e. The maximum Gasteiger partial charge on any atom is 0.358 e. The van der Waals surface area contributed by atoms with Crippen LogP contribution in [0.5, 0.6) is 0 Å². The molecule has 2 aromatic heterocycles. The molecular formula is C9H6BrNO3S. The summed E-state index contributed by atoms with van der Waals surface area (Å²) in [5.74, 6) is -0.554. The molecule has 15 heavy (non-hydrogen) atoms. The van der Waals surface area contributed by atoms with E-state index in [2.05, 4.69) is 21.1 Å². The third-order valence-electron chi connectivity index (χ3n) is 1.92. The van der Waals surface area contributed by atoms with Gasteiger partial charge in [0.2, 0.25) is 0 Å². The molecular weight excluding hydrogens is 282 g/mol. The van der Waals surface area contributed by atoms with Crippen molar-refractivity contribution in [2.75, 3.05) is 0 Å². The first-order chi connectivity index (χ1) is 7.09. The number of thiophene rings is 1. The summed E-state index contributed by atoms with van der Waals surface area (Å²) in [5.41, 5.74) is 0.520. The second-order valence-corrected chi connectivity index (χ2v) is 5.36. The number of rotatable bonds is 2. The summed E-state index contributed by atoms with van der Waals surface area (Å²) >= 11 is 4.80. The van der Waals surface area contributed by atoms with E-state index in [9.17, 15) is 4.79 Å². The van der Waals surface area contributed by atoms with Crippen molar-refractivity contribution in [3.05, 3.63) is 27.2 Å². The van der Waals surface area contributed by atoms with Crippen molar-refractivity contribution in [2.24, 2.45) is 0 Å². The maximum atomic E-state index is 10.7. The Labute approximate surface area is 97.6 Å². The lowest BCUT2D eigenvalue weighted by molar-refractivity contribution is 0.0685. The Balaban J connectivity index is 2.50. The highest BCUT2D eigenvalue weighted by atomic mass is 79.9. The second-order valence-electron chi connectivity index (χ2n) is 2.89. The number of hydrogen-bond acceptors (Lipinski definition) is 4. The fourth-order valence-corrected chi connectivity index (χ4v) is 2.62. The first-order valence-electron chi connectivity index (χ1n) is 4.05. The molecule has 2 aromatic rings. The third kappa shape index (κ3) is 1.82. The summed E-state index contributed by atoms with van der Waals surface area (Å²) in [6, 6.07) is 3.73. The Hall–Kier alpha value is -1.14. The minimum absolute atomic E-state index is 0.0328. The van der Waals surface area contributed by atoms with Crippen LogP contribution in [0.4, 0.5) is 0 Å². The van der Waals surface area contributed by atoms with Crippen molar-refractivity contribution in [3.63, 3.8) is 0 Å². The number of halogens is 1. The van der Waals surface area contributed by atoms with E-state index in [-0.39, 0.29) is 5.69 Å². The zero-order valence-electron chi connectivity index (χ0n) is 7.65. The zero-order valence-corrected chi connectivity index (χ0v) is 10.1. The van der Waals surface area contributed by atoms with Gasteiger partial charge in [0.25, 0.3) is 0 Å². The standard InChI is InChI=1S/C9H6BrNO3S/c1-4-7(9(12)13)11-14-8(4)5-2-3-6(10)15-5/h2-3H,1H3,(H,12,13). The molecule has 0 aliphatic rings. The Morgan fingerprint density at radius 1 is 1.60 bits per heavy atom. The van der Waals surface area contributed by atoms with Crippen LogP contribution in [0.15, 0.2) is 20.4 Å². The van der Waals surface area contributed by atoms with Crippen LogP contribution >= 0.6 is 27.3 Å². The minimum Gasteiger partial charge on any atom is -0.476 e. The van der Waals surface area contributed by atoms with Gasteiger partial charge in [-0.05, 0) is 35.0 Å². The molecule has 0 spiro atoms. The maximum absolute atomic E-state index is 10.7. The van der Waals surface area contributed by atoms with Crippen LogP contribution < -0.4 is 0 Å². The molecule has 0 unspecified atom stereocenters. The molecule has 0 saturated carbocycles. The first-order valence-corrected chi connectivity index (χ1v) is 5.66. The van der Waals surface area contributed by atoms with E-state index in [0.717, 1.165) is 8.66 Å². The van der Waals surface area contributed by atoms with Gasteiger partial charge < -0.3 is 9.63 Å².